The summed E-state index contributed by atoms with van der Waals surface area (Å²) in [6, 6.07) is 2.08. The number of hydrogen-bond acceptors (Lipinski definition) is 2. The van der Waals surface area contributed by atoms with Crippen LogP contribution < -0.4 is 5.73 Å². The summed E-state index contributed by atoms with van der Waals surface area (Å²) < 4.78 is 28.2. The third-order valence-corrected chi connectivity index (χ3v) is 4.16. The lowest BCUT2D eigenvalue weighted by Gasteiger charge is -2.29. The molecule has 114 valence electrons. The fourth-order valence-electron chi connectivity index (χ4n) is 2.64. The van der Waals surface area contributed by atoms with Gasteiger partial charge in [0, 0.05) is 10.5 Å². The zero-order valence-electron chi connectivity index (χ0n) is 11.2. The lowest BCUT2D eigenvalue weighted by Crippen LogP contribution is -2.44. The summed E-state index contributed by atoms with van der Waals surface area (Å²) in [5, 5.41) is 0. The van der Waals surface area contributed by atoms with E-state index in [1.807, 2.05) is 0 Å². The summed E-state index contributed by atoms with van der Waals surface area (Å²) in [5.74, 6) is -2.48. The van der Waals surface area contributed by atoms with Gasteiger partial charge in [-0.2, -0.15) is 0 Å². The lowest BCUT2D eigenvalue weighted by molar-refractivity contribution is 0.0704. The molecule has 0 radical (unpaired) electrons. The molecule has 1 aromatic rings. The van der Waals surface area contributed by atoms with E-state index in [0.717, 1.165) is 37.8 Å². The Hall–Kier alpha value is -1.08. The Morgan fingerprint density at radius 1 is 1.33 bits per heavy atom. The van der Waals surface area contributed by atoms with Crippen LogP contribution in [0.5, 0.6) is 0 Å². The maximum Gasteiger partial charge on any atom is 0.260 e. The summed E-state index contributed by atoms with van der Waals surface area (Å²) in [6.45, 7) is 0.0355. The van der Waals surface area contributed by atoms with Crippen LogP contribution in [0.1, 0.15) is 36.0 Å². The minimum atomic E-state index is -0.891. The number of benzene rings is 1. The Morgan fingerprint density at radius 3 is 2.33 bits per heavy atom. The van der Waals surface area contributed by atoms with E-state index >= 15 is 0 Å². The number of nitrogens with zero attached hydrogens (tertiary/aromatic N) is 1. The second-order valence-electron chi connectivity index (χ2n) is 5.08. The summed E-state index contributed by atoms with van der Waals surface area (Å²) in [4.78, 5) is 14.1. The second-order valence-corrected chi connectivity index (χ2v) is 6.52. The van der Waals surface area contributed by atoms with E-state index in [4.69, 9.17) is 18.0 Å². The van der Waals surface area contributed by atoms with Crippen LogP contribution in [-0.4, -0.2) is 28.4 Å². The number of thiocarbonyl (C=S) groups is 1. The highest BCUT2D eigenvalue weighted by Crippen LogP contribution is 2.27. The molecule has 21 heavy (non-hydrogen) atoms. The van der Waals surface area contributed by atoms with E-state index in [-0.39, 0.29) is 22.0 Å². The van der Waals surface area contributed by atoms with Crippen LogP contribution in [0, 0.1) is 11.6 Å². The van der Waals surface area contributed by atoms with E-state index in [9.17, 15) is 13.6 Å². The first-order valence-corrected chi connectivity index (χ1v) is 7.84. The van der Waals surface area contributed by atoms with Crippen molar-refractivity contribution in [3.63, 3.8) is 0 Å². The molecular formula is C14H15BrF2N2OS. The summed E-state index contributed by atoms with van der Waals surface area (Å²) in [6.07, 6.45) is 3.57. The number of hydrogen-bond donors (Lipinski definition) is 1. The van der Waals surface area contributed by atoms with Gasteiger partial charge in [-0.25, -0.2) is 8.78 Å². The summed E-state index contributed by atoms with van der Waals surface area (Å²) >= 11 is 7.85. The van der Waals surface area contributed by atoms with E-state index in [2.05, 4.69) is 15.9 Å². The van der Waals surface area contributed by atoms with Crippen LogP contribution in [-0.2, 0) is 0 Å². The van der Waals surface area contributed by atoms with Crippen LogP contribution in [0.3, 0.4) is 0 Å². The first kappa shape index (κ1) is 16.3. The molecule has 1 fully saturated rings. The molecule has 2 N–H and O–H groups in total. The molecule has 0 spiro atoms. The van der Waals surface area contributed by atoms with Crippen molar-refractivity contribution in [2.75, 3.05) is 6.54 Å². The fourth-order valence-corrected chi connectivity index (χ4v) is 3.18. The predicted octanol–water partition coefficient (Wildman–Crippen LogP) is 3.40. The molecule has 7 heteroatoms. The van der Waals surface area contributed by atoms with Gasteiger partial charge in [0.1, 0.15) is 17.2 Å². The minimum absolute atomic E-state index is 0.0355. The van der Waals surface area contributed by atoms with Gasteiger partial charge in [0.2, 0.25) is 0 Å². The van der Waals surface area contributed by atoms with Crippen LogP contribution in [0.2, 0.25) is 0 Å². The van der Waals surface area contributed by atoms with Gasteiger partial charge in [-0.1, -0.05) is 41.0 Å². The Balaban J connectivity index is 2.35. The number of carbonyl (C=O) groups is 1. The molecule has 0 aliphatic heterocycles. The molecule has 0 saturated heterocycles. The van der Waals surface area contributed by atoms with Gasteiger partial charge < -0.3 is 10.6 Å². The zero-order valence-corrected chi connectivity index (χ0v) is 13.6. The smallest absolute Gasteiger partial charge is 0.260 e. The van der Waals surface area contributed by atoms with Crippen molar-refractivity contribution in [3.05, 3.63) is 33.8 Å². The largest absolute Gasteiger partial charge is 0.392 e. The average Bonchev–Trinajstić information content (AvgIpc) is 2.87. The maximum absolute atomic E-state index is 14.0. The molecule has 2 rings (SSSR count). The predicted molar refractivity (Wildman–Crippen MR) is 84.1 cm³/mol. The molecular weight excluding hydrogens is 362 g/mol. The van der Waals surface area contributed by atoms with Crippen molar-refractivity contribution >= 4 is 39.0 Å². The number of carbonyl (C=O) groups excluding carboxylic acids is 1. The second kappa shape index (κ2) is 6.79. The van der Waals surface area contributed by atoms with E-state index < -0.39 is 23.1 Å². The van der Waals surface area contributed by atoms with Gasteiger partial charge in [0.15, 0.2) is 0 Å². The van der Waals surface area contributed by atoms with E-state index in [1.165, 1.54) is 4.90 Å². The molecule has 1 aliphatic rings. The third-order valence-electron chi connectivity index (χ3n) is 3.57. The zero-order chi connectivity index (χ0) is 15.6. The Morgan fingerprint density at radius 2 is 1.86 bits per heavy atom. The molecule has 1 amide bonds. The number of nitrogens with two attached hydrogens (primary N) is 1. The Labute approximate surface area is 135 Å². The molecule has 0 unspecified atom stereocenters. The minimum Gasteiger partial charge on any atom is -0.392 e. The van der Waals surface area contributed by atoms with Gasteiger partial charge in [-0.05, 0) is 25.0 Å². The quantitative estimate of drug-likeness (QED) is 0.819. The number of amides is 1. The topological polar surface area (TPSA) is 46.3 Å². The molecule has 1 aromatic carbocycles. The first-order valence-electron chi connectivity index (χ1n) is 6.64. The maximum atomic E-state index is 14.0. The van der Waals surface area contributed by atoms with Gasteiger partial charge >= 0.3 is 0 Å². The molecule has 0 atom stereocenters. The monoisotopic (exact) mass is 376 g/mol. The van der Waals surface area contributed by atoms with Gasteiger partial charge in [-0.15, -0.1) is 0 Å². The number of rotatable bonds is 4. The van der Waals surface area contributed by atoms with E-state index in [1.54, 1.807) is 0 Å². The highest BCUT2D eigenvalue weighted by atomic mass is 79.9. The summed E-state index contributed by atoms with van der Waals surface area (Å²) in [7, 11) is 0. The molecule has 0 aromatic heterocycles. The first-order chi connectivity index (χ1) is 9.90. The molecule has 1 saturated carbocycles. The molecule has 3 nitrogen and oxygen atoms in total. The normalized spacial score (nSPS) is 15.2. The van der Waals surface area contributed by atoms with Crippen molar-refractivity contribution < 1.29 is 13.6 Å². The van der Waals surface area contributed by atoms with Crippen molar-refractivity contribution in [3.8, 4) is 0 Å². The van der Waals surface area contributed by atoms with Crippen LogP contribution >= 0.6 is 28.1 Å². The Kier molecular flexibility index (Phi) is 5.27. The van der Waals surface area contributed by atoms with Crippen LogP contribution in [0.25, 0.3) is 0 Å². The lowest BCUT2D eigenvalue weighted by atomic mass is 10.1. The highest BCUT2D eigenvalue weighted by molar-refractivity contribution is 9.10. The van der Waals surface area contributed by atoms with Crippen molar-refractivity contribution in [2.24, 2.45) is 5.73 Å². The fraction of sp³-hybridized carbons (Fsp3) is 0.429. The molecule has 1 aliphatic carbocycles. The van der Waals surface area contributed by atoms with E-state index in [0.29, 0.717) is 0 Å². The van der Waals surface area contributed by atoms with Gasteiger partial charge in [-0.3, -0.25) is 4.79 Å². The van der Waals surface area contributed by atoms with Gasteiger partial charge in [0.05, 0.1) is 11.5 Å². The average molecular weight is 377 g/mol. The standard InChI is InChI=1S/C14H15BrF2N2OS/c15-8-5-10(16)13(11(17)6-8)14(20)19(7-12(18)21)9-3-1-2-4-9/h5-6,9H,1-4,7H2,(H2,18,21). The van der Waals surface area contributed by atoms with Crippen molar-refractivity contribution in [1.29, 1.82) is 0 Å². The van der Waals surface area contributed by atoms with Crippen molar-refractivity contribution in [1.82, 2.24) is 4.90 Å². The Bertz CT molecular complexity index is 553. The third kappa shape index (κ3) is 3.77. The number of halogens is 3. The SMILES string of the molecule is NC(=S)CN(C(=O)c1c(F)cc(Br)cc1F)C1CCCC1. The van der Waals surface area contributed by atoms with Crippen LogP contribution in [0.4, 0.5) is 8.78 Å². The van der Waals surface area contributed by atoms with Gasteiger partial charge in [0.25, 0.3) is 5.91 Å². The van der Waals surface area contributed by atoms with Crippen molar-refractivity contribution in [2.45, 2.75) is 31.7 Å². The molecule has 0 heterocycles. The van der Waals surface area contributed by atoms with Crippen LogP contribution in [0.15, 0.2) is 16.6 Å². The summed E-state index contributed by atoms with van der Waals surface area (Å²) in [5.41, 5.74) is 4.97. The highest BCUT2D eigenvalue weighted by Gasteiger charge is 2.31. The molecule has 0 bridgehead atoms.